The predicted molar refractivity (Wildman–Crippen MR) is 198 cm³/mol. The Labute approximate surface area is 317 Å². The van der Waals surface area contributed by atoms with E-state index in [4.69, 9.17) is 11.6 Å². The molecule has 1 aromatic heterocycles. The maximum atomic E-state index is 14.9. The van der Waals surface area contributed by atoms with Gasteiger partial charge >= 0.3 is 6.18 Å². The first-order valence-corrected chi connectivity index (χ1v) is 17.8. The largest absolute Gasteiger partial charge is 0.416 e. The number of methoxy groups -OCH3 is 1. The van der Waals surface area contributed by atoms with Crippen LogP contribution in [-0.4, -0.2) is 59.5 Å². The average molecular weight is 756 g/mol. The van der Waals surface area contributed by atoms with Crippen molar-refractivity contribution in [2.45, 2.75) is 55.3 Å². The molecule has 1 fully saturated rings. The fourth-order valence-electron chi connectivity index (χ4n) is 6.57. The molecular formula is C41H40F5N3O3S. The number of likely N-dealkylation sites (tertiary alicyclic amines) is 1. The zero-order valence-electron chi connectivity index (χ0n) is 34.6. The molecule has 6 nitrogen and oxygen atoms in total. The van der Waals surface area contributed by atoms with Crippen LogP contribution in [0.1, 0.15) is 50.7 Å². The third kappa shape index (κ3) is 8.83. The number of thioether (sulfide) groups is 1. The lowest BCUT2D eigenvalue weighted by atomic mass is 9.96. The molecule has 1 saturated heterocycles. The number of aromatic nitrogens is 1. The Morgan fingerprint density at radius 2 is 1.68 bits per heavy atom. The molecule has 1 aliphatic heterocycles. The molecule has 5 aromatic rings. The van der Waals surface area contributed by atoms with Gasteiger partial charge in [0, 0.05) is 58.2 Å². The number of para-hydroxylation sites is 1. The molecule has 1 aliphatic rings. The van der Waals surface area contributed by atoms with Gasteiger partial charge in [0.15, 0.2) is 17.1 Å². The summed E-state index contributed by atoms with van der Waals surface area (Å²) < 4.78 is 124. The second-order valence-electron chi connectivity index (χ2n) is 12.6. The van der Waals surface area contributed by atoms with E-state index in [1.165, 1.54) is 47.1 Å². The maximum Gasteiger partial charge on any atom is 0.416 e. The molecule has 278 valence electrons. The van der Waals surface area contributed by atoms with E-state index in [1.54, 1.807) is 53.1 Å². The van der Waals surface area contributed by atoms with E-state index in [2.05, 4.69) is 0 Å². The van der Waals surface area contributed by atoms with Crippen molar-refractivity contribution < 1.29 is 39.7 Å². The molecule has 0 saturated carbocycles. The fraction of sp³-hybridized carbons (Fsp3) is 0.317. The van der Waals surface area contributed by atoms with Crippen LogP contribution in [0, 0.1) is 11.6 Å². The van der Waals surface area contributed by atoms with Gasteiger partial charge in [0.1, 0.15) is 6.54 Å². The maximum absolute atomic E-state index is 14.9. The van der Waals surface area contributed by atoms with Crippen molar-refractivity contribution in [2.75, 3.05) is 33.2 Å². The van der Waals surface area contributed by atoms with Crippen molar-refractivity contribution in [2.24, 2.45) is 0 Å². The van der Waals surface area contributed by atoms with Crippen LogP contribution >= 0.6 is 11.8 Å². The summed E-state index contributed by atoms with van der Waals surface area (Å²) in [5.41, 5.74) is 0.721. The van der Waals surface area contributed by atoms with Crippen molar-refractivity contribution in [1.29, 1.82) is 0 Å². The minimum absolute atomic E-state index is 0.0458. The molecule has 2 heterocycles. The van der Waals surface area contributed by atoms with Crippen LogP contribution in [0.4, 0.5) is 22.0 Å². The molecule has 0 bridgehead atoms. The van der Waals surface area contributed by atoms with Crippen LogP contribution in [0.15, 0.2) is 107 Å². The number of pyridine rings is 1. The summed E-state index contributed by atoms with van der Waals surface area (Å²) in [5, 5.41) is 0.589. The molecule has 0 spiro atoms. The van der Waals surface area contributed by atoms with Gasteiger partial charge in [-0.05, 0) is 66.8 Å². The van der Waals surface area contributed by atoms with Gasteiger partial charge in [0.2, 0.25) is 5.91 Å². The number of benzene rings is 4. The molecule has 1 atom stereocenters. The van der Waals surface area contributed by atoms with Gasteiger partial charge in [0.05, 0.1) is 34.2 Å². The highest BCUT2D eigenvalue weighted by molar-refractivity contribution is 7.98. The number of amides is 1. The zero-order valence-corrected chi connectivity index (χ0v) is 29.4. The van der Waals surface area contributed by atoms with E-state index < -0.39 is 61.5 Å². The molecule has 0 radical (unpaired) electrons. The minimum Gasteiger partial charge on any atom is -0.383 e. The number of carbonyl (C=O) groups excluding carboxylic acids is 1. The van der Waals surface area contributed by atoms with E-state index in [0.29, 0.717) is 27.6 Å². The summed E-state index contributed by atoms with van der Waals surface area (Å²) in [4.78, 5) is 31.0. The van der Waals surface area contributed by atoms with Gasteiger partial charge in [-0.3, -0.25) is 9.59 Å². The summed E-state index contributed by atoms with van der Waals surface area (Å²) in [6, 6.07) is 20.4. The second-order valence-corrected chi connectivity index (χ2v) is 13.6. The van der Waals surface area contributed by atoms with Gasteiger partial charge in [-0.25, -0.2) is 8.78 Å². The molecule has 1 amide bonds. The van der Waals surface area contributed by atoms with E-state index >= 15 is 0 Å². The zero-order chi connectivity index (χ0) is 42.9. The van der Waals surface area contributed by atoms with Crippen LogP contribution in [0.3, 0.4) is 0 Å². The van der Waals surface area contributed by atoms with Gasteiger partial charge in [-0.1, -0.05) is 60.7 Å². The summed E-state index contributed by atoms with van der Waals surface area (Å²) in [6.45, 7) is -1.58. The van der Waals surface area contributed by atoms with Gasteiger partial charge < -0.3 is 19.1 Å². The Balaban J connectivity index is 1.35. The van der Waals surface area contributed by atoms with Gasteiger partial charge in [-0.2, -0.15) is 13.2 Å². The number of fused-ring (bicyclic) bond motifs is 1. The monoisotopic (exact) mass is 755 g/mol. The van der Waals surface area contributed by atoms with Crippen molar-refractivity contribution in [3.8, 4) is 11.1 Å². The lowest BCUT2D eigenvalue weighted by Gasteiger charge is -2.42. The summed E-state index contributed by atoms with van der Waals surface area (Å²) in [6.07, 6.45) is -4.14. The van der Waals surface area contributed by atoms with Gasteiger partial charge in [-0.15, -0.1) is 11.8 Å². The van der Waals surface area contributed by atoms with Crippen molar-refractivity contribution in [3.63, 3.8) is 0 Å². The summed E-state index contributed by atoms with van der Waals surface area (Å²) in [5.74, 6) is -2.69. The minimum atomic E-state index is -4.50. The molecule has 12 heteroatoms. The smallest absolute Gasteiger partial charge is 0.383 e. The predicted octanol–water partition coefficient (Wildman–Crippen LogP) is 8.96. The number of piperidine rings is 1. The Hall–Kier alpha value is -4.52. The number of halogens is 5. The Kier molecular flexibility index (Phi) is 9.71. The molecule has 4 aromatic carbocycles. The van der Waals surface area contributed by atoms with Crippen LogP contribution in [0.5, 0.6) is 0 Å². The standard InChI is InChI=1S/C41H40F5N3O3S/c1-27(28-10-12-29(13-11-28)30-14-16-32(17-15-30)41(44,45)46)49(33-18-20-47(21-19-33)22-23-52-2)38(51)25-48-36-9-4-3-7-34(36)37(50)24-39(48)53-26-31-6-5-8-35(42)40(31)43/h3-17,24,27,33H,18-23,25-26H2,1-2H3/i2D3,22D2,27D. The topological polar surface area (TPSA) is 54.8 Å². The molecule has 0 aliphatic carbocycles. The van der Waals surface area contributed by atoms with E-state index in [9.17, 15) is 32.9 Å². The first-order valence-electron chi connectivity index (χ1n) is 19.8. The number of hydrogen-bond acceptors (Lipinski definition) is 5. The molecule has 53 heavy (non-hydrogen) atoms. The quantitative estimate of drug-likeness (QED) is 0.0941. The number of nitrogens with zero attached hydrogens (tertiary/aromatic N) is 3. The number of carbonyl (C=O) groups is 1. The first-order chi connectivity index (χ1) is 27.7. The number of ether oxygens (including phenoxy) is 1. The van der Waals surface area contributed by atoms with Crippen LogP contribution < -0.4 is 5.43 Å². The lowest BCUT2D eigenvalue weighted by Crippen LogP contribution is -2.49. The first kappa shape index (κ1) is 30.9. The van der Waals surface area contributed by atoms with Gasteiger partial charge in [0.25, 0.3) is 0 Å². The Morgan fingerprint density at radius 1 is 1.00 bits per heavy atom. The molecule has 0 N–H and O–H groups in total. The number of alkyl halides is 3. The Morgan fingerprint density at radius 3 is 2.36 bits per heavy atom. The summed E-state index contributed by atoms with van der Waals surface area (Å²) in [7, 11) is -2.81. The molecule has 6 rings (SSSR count). The number of rotatable bonds is 12. The lowest BCUT2D eigenvalue weighted by molar-refractivity contribution is -0.138. The number of hydrogen-bond donors (Lipinski definition) is 0. The second kappa shape index (κ2) is 16.7. The summed E-state index contributed by atoms with van der Waals surface area (Å²) >= 11 is 1.03. The average Bonchev–Trinajstić information content (AvgIpc) is 3.19. The third-order valence-corrected chi connectivity index (χ3v) is 10.4. The van der Waals surface area contributed by atoms with E-state index in [-0.39, 0.29) is 54.2 Å². The van der Waals surface area contributed by atoms with E-state index in [0.717, 1.165) is 30.0 Å². The third-order valence-electron chi connectivity index (χ3n) is 9.35. The van der Waals surface area contributed by atoms with Crippen molar-refractivity contribution in [3.05, 3.63) is 136 Å². The SMILES string of the molecule is [2H]C([2H])([2H])OCC([2H])([2H])N1CCC(N(C(=O)Cn2c(SCc3cccc(F)c3F)cc(=O)c3ccccc32)C([2H])(C)c2ccc(-c3ccc(C(F)(F)F)cc3)cc2)CC1. The van der Waals surface area contributed by atoms with Crippen molar-refractivity contribution in [1.82, 2.24) is 14.4 Å². The van der Waals surface area contributed by atoms with Crippen LogP contribution in [0.25, 0.3) is 22.0 Å². The fourth-order valence-corrected chi connectivity index (χ4v) is 7.61. The highest BCUT2D eigenvalue weighted by Crippen LogP contribution is 2.34. The van der Waals surface area contributed by atoms with E-state index in [1.807, 2.05) is 0 Å². The Bertz CT molecular complexity index is 2350. The van der Waals surface area contributed by atoms with Crippen LogP contribution in [-0.2, 0) is 28.0 Å². The molecule has 1 unspecified atom stereocenters. The highest BCUT2D eigenvalue weighted by Gasteiger charge is 2.33. The normalized spacial score (nSPS) is 17.5. The van der Waals surface area contributed by atoms with Crippen LogP contribution in [0.2, 0.25) is 0 Å². The van der Waals surface area contributed by atoms with Crippen molar-refractivity contribution >= 4 is 28.6 Å². The molecular weight excluding hydrogens is 710 g/mol. The highest BCUT2D eigenvalue weighted by atomic mass is 32.2.